The molecule has 0 aliphatic carbocycles. The fourth-order valence-corrected chi connectivity index (χ4v) is 3.38. The Labute approximate surface area is 161 Å². The Morgan fingerprint density at radius 1 is 1.11 bits per heavy atom. The Bertz CT molecular complexity index is 731. The summed E-state index contributed by atoms with van der Waals surface area (Å²) in [5.74, 6) is 0.579. The third-order valence-corrected chi connectivity index (χ3v) is 9.31. The molecule has 0 aliphatic heterocycles. The van der Waals surface area contributed by atoms with E-state index in [0.29, 0.717) is 11.5 Å². The third-order valence-electron chi connectivity index (χ3n) is 4.86. The second kappa shape index (κ2) is 8.29. The van der Waals surface area contributed by atoms with Crippen LogP contribution in [-0.4, -0.2) is 32.6 Å². The SMILES string of the molecule is COc1ccc(OC(=O)[C@H](O[Si](C)(C)C(C)(C)C)[C@H](O)c2ccco2)cc1. The van der Waals surface area contributed by atoms with Gasteiger partial charge >= 0.3 is 5.97 Å². The molecule has 0 spiro atoms. The van der Waals surface area contributed by atoms with Crippen molar-refractivity contribution in [1.29, 1.82) is 0 Å². The van der Waals surface area contributed by atoms with Crippen molar-refractivity contribution in [2.45, 2.75) is 51.1 Å². The van der Waals surface area contributed by atoms with Crippen molar-refractivity contribution in [2.24, 2.45) is 0 Å². The molecule has 148 valence electrons. The first-order valence-corrected chi connectivity index (χ1v) is 11.7. The van der Waals surface area contributed by atoms with E-state index in [2.05, 4.69) is 20.8 Å². The second-order valence-corrected chi connectivity index (χ2v) is 12.6. The molecule has 0 radical (unpaired) electrons. The normalized spacial score (nSPS) is 14.5. The predicted molar refractivity (Wildman–Crippen MR) is 104 cm³/mol. The molecule has 1 aromatic heterocycles. The number of methoxy groups -OCH3 is 1. The van der Waals surface area contributed by atoms with Crippen LogP contribution < -0.4 is 9.47 Å². The lowest BCUT2D eigenvalue weighted by Crippen LogP contribution is -2.49. The van der Waals surface area contributed by atoms with Gasteiger partial charge in [-0.2, -0.15) is 0 Å². The van der Waals surface area contributed by atoms with Crippen LogP contribution in [0.4, 0.5) is 0 Å². The van der Waals surface area contributed by atoms with Gasteiger partial charge in [-0.15, -0.1) is 0 Å². The molecular weight excluding hydrogens is 364 g/mol. The van der Waals surface area contributed by atoms with Gasteiger partial charge in [-0.05, 0) is 54.5 Å². The Balaban J connectivity index is 2.25. The summed E-state index contributed by atoms with van der Waals surface area (Å²) in [6.45, 7) is 10.2. The van der Waals surface area contributed by atoms with E-state index in [1.807, 2.05) is 13.1 Å². The van der Waals surface area contributed by atoms with Gasteiger partial charge in [-0.1, -0.05) is 20.8 Å². The van der Waals surface area contributed by atoms with Gasteiger partial charge in [0, 0.05) is 0 Å². The van der Waals surface area contributed by atoms with E-state index < -0.39 is 26.5 Å². The molecule has 6 nitrogen and oxygen atoms in total. The van der Waals surface area contributed by atoms with Gasteiger partial charge in [0.1, 0.15) is 23.4 Å². The molecule has 0 aliphatic rings. The average molecular weight is 393 g/mol. The topological polar surface area (TPSA) is 78.1 Å². The fourth-order valence-electron chi connectivity index (χ4n) is 2.16. The lowest BCUT2D eigenvalue weighted by molar-refractivity contribution is -0.149. The average Bonchev–Trinajstić information content (AvgIpc) is 3.13. The molecule has 0 saturated heterocycles. The monoisotopic (exact) mass is 392 g/mol. The number of rotatable bonds is 7. The van der Waals surface area contributed by atoms with Crippen LogP contribution in [0.1, 0.15) is 32.6 Å². The number of aliphatic hydroxyl groups excluding tert-OH is 1. The summed E-state index contributed by atoms with van der Waals surface area (Å²) in [5.41, 5.74) is 0. The van der Waals surface area contributed by atoms with Crippen molar-refractivity contribution in [3.05, 3.63) is 48.4 Å². The van der Waals surface area contributed by atoms with E-state index in [1.54, 1.807) is 43.5 Å². The first-order chi connectivity index (χ1) is 12.5. The maximum absolute atomic E-state index is 12.9. The van der Waals surface area contributed by atoms with E-state index in [1.165, 1.54) is 6.26 Å². The van der Waals surface area contributed by atoms with Crippen LogP contribution >= 0.6 is 0 Å². The molecule has 2 rings (SSSR count). The summed E-state index contributed by atoms with van der Waals surface area (Å²) in [7, 11) is -0.801. The molecule has 0 amide bonds. The van der Waals surface area contributed by atoms with Crippen molar-refractivity contribution in [3.63, 3.8) is 0 Å². The smallest absolute Gasteiger partial charge is 0.342 e. The number of carbonyl (C=O) groups excluding carboxylic acids is 1. The number of benzene rings is 1. The van der Waals surface area contributed by atoms with Gasteiger partial charge in [0.25, 0.3) is 0 Å². The van der Waals surface area contributed by atoms with Crippen molar-refractivity contribution < 1.29 is 28.2 Å². The minimum absolute atomic E-state index is 0.144. The highest BCUT2D eigenvalue weighted by atomic mass is 28.4. The lowest BCUT2D eigenvalue weighted by Gasteiger charge is -2.39. The molecule has 1 N–H and O–H groups in total. The predicted octanol–water partition coefficient (Wildman–Crippen LogP) is 4.32. The zero-order valence-electron chi connectivity index (χ0n) is 16.7. The summed E-state index contributed by atoms with van der Waals surface area (Å²) in [4.78, 5) is 12.9. The lowest BCUT2D eigenvalue weighted by atomic mass is 10.1. The first-order valence-electron chi connectivity index (χ1n) is 8.80. The molecule has 2 aromatic rings. The van der Waals surface area contributed by atoms with Crippen molar-refractivity contribution in [1.82, 2.24) is 0 Å². The minimum Gasteiger partial charge on any atom is -0.497 e. The first kappa shape index (κ1) is 21.2. The summed E-state index contributed by atoms with van der Waals surface area (Å²) in [6, 6.07) is 9.88. The molecule has 0 unspecified atom stereocenters. The summed E-state index contributed by atoms with van der Waals surface area (Å²) in [6.07, 6.45) is -1.02. The van der Waals surface area contributed by atoms with Gasteiger partial charge in [-0.25, -0.2) is 4.79 Å². The highest BCUT2D eigenvalue weighted by Crippen LogP contribution is 2.39. The van der Waals surface area contributed by atoms with Crippen molar-refractivity contribution in [2.75, 3.05) is 7.11 Å². The largest absolute Gasteiger partial charge is 0.497 e. The van der Waals surface area contributed by atoms with Gasteiger partial charge in [-0.3, -0.25) is 0 Å². The number of ether oxygens (including phenoxy) is 2. The number of furan rings is 1. The third kappa shape index (κ3) is 5.21. The van der Waals surface area contributed by atoms with Crippen LogP contribution in [0, 0.1) is 0 Å². The quantitative estimate of drug-likeness (QED) is 0.430. The molecule has 1 heterocycles. The maximum atomic E-state index is 12.9. The Morgan fingerprint density at radius 2 is 1.70 bits per heavy atom. The number of hydrogen-bond acceptors (Lipinski definition) is 6. The molecular formula is C20H28O6Si. The highest BCUT2D eigenvalue weighted by Gasteiger charge is 2.44. The summed E-state index contributed by atoms with van der Waals surface area (Å²) >= 11 is 0. The van der Waals surface area contributed by atoms with Crippen LogP contribution in [0.5, 0.6) is 11.5 Å². The van der Waals surface area contributed by atoms with E-state index in [-0.39, 0.29) is 10.8 Å². The van der Waals surface area contributed by atoms with E-state index in [0.717, 1.165) is 0 Å². The molecule has 2 atom stereocenters. The maximum Gasteiger partial charge on any atom is 0.342 e. The standard InChI is InChI=1S/C20H28O6Si/c1-20(2,3)27(5,6)26-18(17(21)16-8-7-13-24-16)19(22)25-15-11-9-14(23-4)10-12-15/h7-13,17-18,21H,1-6H3/t17-,18-/m1/s1. The van der Waals surface area contributed by atoms with Gasteiger partial charge < -0.3 is 23.4 Å². The number of carbonyl (C=O) groups is 1. The zero-order valence-corrected chi connectivity index (χ0v) is 17.7. The summed E-state index contributed by atoms with van der Waals surface area (Å²) in [5, 5.41) is 10.6. The van der Waals surface area contributed by atoms with Crippen LogP contribution in [0.15, 0.2) is 47.1 Å². The molecule has 0 fully saturated rings. The number of aliphatic hydroxyl groups is 1. The van der Waals surface area contributed by atoms with E-state index in [4.69, 9.17) is 18.3 Å². The Kier molecular flexibility index (Phi) is 6.51. The van der Waals surface area contributed by atoms with Gasteiger partial charge in [0.15, 0.2) is 14.4 Å². The number of esters is 1. The van der Waals surface area contributed by atoms with E-state index in [9.17, 15) is 9.90 Å². The fraction of sp³-hybridized carbons (Fsp3) is 0.450. The van der Waals surface area contributed by atoms with E-state index >= 15 is 0 Å². The number of hydrogen-bond donors (Lipinski definition) is 1. The summed E-state index contributed by atoms with van der Waals surface area (Å²) < 4.78 is 22.0. The molecule has 7 heteroatoms. The Hall–Kier alpha value is -2.09. The van der Waals surface area contributed by atoms with Crippen molar-refractivity contribution >= 4 is 14.3 Å². The van der Waals surface area contributed by atoms with Gasteiger partial charge in [0.05, 0.1) is 13.4 Å². The van der Waals surface area contributed by atoms with Crippen LogP contribution in [0.3, 0.4) is 0 Å². The molecule has 0 saturated carbocycles. The minimum atomic E-state index is -2.36. The van der Waals surface area contributed by atoms with Crippen LogP contribution in [-0.2, 0) is 9.22 Å². The van der Waals surface area contributed by atoms with Crippen LogP contribution in [0.25, 0.3) is 0 Å². The van der Waals surface area contributed by atoms with Crippen LogP contribution in [0.2, 0.25) is 18.1 Å². The van der Waals surface area contributed by atoms with Crippen molar-refractivity contribution in [3.8, 4) is 11.5 Å². The van der Waals surface area contributed by atoms with Gasteiger partial charge in [0.2, 0.25) is 0 Å². The zero-order chi connectivity index (χ0) is 20.2. The molecule has 27 heavy (non-hydrogen) atoms. The molecule has 0 bridgehead atoms. The Morgan fingerprint density at radius 3 is 2.19 bits per heavy atom. The second-order valence-electron chi connectivity index (χ2n) is 7.86. The molecule has 1 aromatic carbocycles. The highest BCUT2D eigenvalue weighted by molar-refractivity contribution is 6.74.